The lowest BCUT2D eigenvalue weighted by Crippen LogP contribution is -2.19. The zero-order valence-electron chi connectivity index (χ0n) is 42.7. The Morgan fingerprint density at radius 1 is 0.577 bits per heavy atom. The highest BCUT2D eigenvalue weighted by atomic mass is 35.7. The second-order valence-corrected chi connectivity index (χ2v) is 20.3. The number of H-pyrrole nitrogens is 1. The van der Waals surface area contributed by atoms with Crippen LogP contribution in [0.2, 0.25) is 0 Å². The number of nitrogens with zero attached hydrogens (tertiary/aromatic N) is 13. The standard InChI is InChI=1S/C7H13N3O3S.C6H7ClN2O4S.C6H9N3O4S.C6H7N3O4.C6H9N3O2.C5H5N3O4/c1-7(2,11)5-4-6(9-10(5)3)14(8,12)13;2*1-9-4(6(10)13-2)3-5(8-9)14(7,11)12;1-8-4(6(10)13-2)3-5(7-8)9(11)12;1-9-4(6(10)11-2)3-5(7)8-9;1-12-5(9)3-2-4(7-6-3)8(10)11/h4,11H,1-3H3,(H2,8,12,13);3H,1-2H3;3H,1-2H3,(H2,7,11,12);3H,1-2H3;3H,1-2H3,(H2,7,8);2H,1H3,(H,6,7). The molecule has 0 aromatic carbocycles. The minimum absolute atomic E-state index is 0.0201. The highest BCUT2D eigenvalue weighted by molar-refractivity contribution is 8.13. The van der Waals surface area contributed by atoms with Gasteiger partial charge in [0.05, 0.1) is 65.5 Å². The first kappa shape index (κ1) is 67.2. The molecule has 0 spiro atoms. The van der Waals surface area contributed by atoms with Crippen LogP contribution in [0.25, 0.3) is 0 Å². The Hall–Kier alpha value is -8.77. The smallest absolute Gasteiger partial charge is 0.390 e. The van der Waals surface area contributed by atoms with Crippen LogP contribution in [0.1, 0.15) is 72.0 Å². The van der Waals surface area contributed by atoms with Crippen LogP contribution in [-0.4, -0.2) is 165 Å². The van der Waals surface area contributed by atoms with Crippen molar-refractivity contribution in [2.75, 3.05) is 41.3 Å². The van der Waals surface area contributed by atoms with E-state index in [0.717, 1.165) is 38.3 Å². The average molecular weight is 1190 g/mol. The van der Waals surface area contributed by atoms with Crippen LogP contribution in [0.5, 0.6) is 0 Å². The number of nitrogens with one attached hydrogen (secondary N) is 1. The number of methoxy groups -OCH3 is 5. The first-order valence-corrected chi connectivity index (χ1v) is 25.5. The van der Waals surface area contributed by atoms with Crippen LogP contribution in [-0.2, 0) is 93.6 Å². The molecule has 0 amide bonds. The maximum atomic E-state index is 11.1. The molecule has 6 heterocycles. The lowest BCUT2D eigenvalue weighted by Gasteiger charge is -2.16. The molecule has 0 fully saturated rings. The minimum atomic E-state index is -3.91. The molecule has 78 heavy (non-hydrogen) atoms. The molecule has 6 rings (SSSR count). The topological polar surface area (TPSA) is 536 Å². The van der Waals surface area contributed by atoms with Crippen molar-refractivity contribution < 1.29 is 87.9 Å². The molecule has 6 aromatic rings. The Morgan fingerprint density at radius 2 is 0.936 bits per heavy atom. The summed E-state index contributed by atoms with van der Waals surface area (Å²) in [6.07, 6.45) is 0. The molecule has 8 N–H and O–H groups in total. The zero-order valence-corrected chi connectivity index (χ0v) is 45.9. The summed E-state index contributed by atoms with van der Waals surface area (Å²) < 4.78 is 93.2. The molecule has 0 aliphatic rings. The second kappa shape index (κ2) is 27.8. The van der Waals surface area contributed by atoms with E-state index in [4.69, 9.17) is 26.7 Å². The van der Waals surface area contributed by atoms with Gasteiger partial charge in [-0.3, -0.25) is 18.7 Å². The van der Waals surface area contributed by atoms with Crippen LogP contribution in [0, 0.1) is 20.2 Å². The number of carbonyl (C=O) groups is 5. The van der Waals surface area contributed by atoms with Gasteiger partial charge in [-0.2, -0.15) is 25.1 Å². The molecule has 42 heteroatoms. The number of aromatic amines is 1. The van der Waals surface area contributed by atoms with Crippen LogP contribution in [0.3, 0.4) is 0 Å². The largest absolute Gasteiger partial charge is 0.464 e. The van der Waals surface area contributed by atoms with Gasteiger partial charge in [-0.15, -0.1) is 5.10 Å². The second-order valence-electron chi connectivity index (χ2n) is 14.8. The molecule has 0 atom stereocenters. The van der Waals surface area contributed by atoms with Crippen molar-refractivity contribution in [1.29, 1.82) is 0 Å². The van der Waals surface area contributed by atoms with Crippen molar-refractivity contribution >= 4 is 87.1 Å². The number of aryl methyl sites for hydroxylation is 5. The molecule has 0 radical (unpaired) electrons. The van der Waals surface area contributed by atoms with E-state index in [2.05, 4.69) is 59.4 Å². The number of esters is 5. The van der Waals surface area contributed by atoms with Gasteiger partial charge < -0.3 is 54.8 Å². The zero-order chi connectivity index (χ0) is 60.6. The predicted octanol–water partition coefficient (Wildman–Crippen LogP) is -1.71. The van der Waals surface area contributed by atoms with Crippen LogP contribution < -0.4 is 16.0 Å². The van der Waals surface area contributed by atoms with Crippen molar-refractivity contribution in [3.05, 3.63) is 90.8 Å². The molecular formula is C36H50ClN17O21S3. The van der Waals surface area contributed by atoms with Gasteiger partial charge in [-0.05, 0) is 23.7 Å². The molecule has 0 aliphatic heterocycles. The van der Waals surface area contributed by atoms with Gasteiger partial charge in [-0.1, -0.05) is 5.10 Å². The summed E-state index contributed by atoms with van der Waals surface area (Å²) in [5, 5.41) is 62.3. The number of nitrogen functional groups attached to an aromatic ring is 1. The van der Waals surface area contributed by atoms with Crippen molar-refractivity contribution in [3.63, 3.8) is 0 Å². The Kier molecular flexibility index (Phi) is 24.0. The SMILES string of the molecule is COC(=O)c1cc(N)nn1C.COC(=O)c1cc(S(=O)(=O)Cl)nn1C.COC(=O)c1cc(S(N)(=O)=O)nn1C.COC(=O)c1cc([N+](=O)[O-])[nH]n1.COC(=O)c1cc([N+](=O)[O-])nn1C.Cn1nc(S(N)(=O)=O)cc1C(C)(C)O. The van der Waals surface area contributed by atoms with Crippen LogP contribution in [0.4, 0.5) is 17.5 Å². The van der Waals surface area contributed by atoms with Crippen LogP contribution >= 0.6 is 10.7 Å². The number of ether oxygens (including phenoxy) is 5. The minimum Gasteiger partial charge on any atom is -0.464 e. The maximum Gasteiger partial charge on any atom is 0.390 e. The summed E-state index contributed by atoms with van der Waals surface area (Å²) in [4.78, 5) is 73.7. The Morgan fingerprint density at radius 3 is 1.22 bits per heavy atom. The summed E-state index contributed by atoms with van der Waals surface area (Å²) in [5.41, 5.74) is 4.91. The molecule has 0 bridgehead atoms. The van der Waals surface area contributed by atoms with Crippen molar-refractivity contribution in [3.8, 4) is 0 Å². The predicted molar refractivity (Wildman–Crippen MR) is 260 cm³/mol. The van der Waals surface area contributed by atoms with Gasteiger partial charge in [-0.25, -0.2) is 59.5 Å². The fourth-order valence-corrected chi connectivity index (χ4v) is 6.84. The van der Waals surface area contributed by atoms with E-state index < -0.39 is 74.4 Å². The molecule has 0 saturated heterocycles. The highest BCUT2D eigenvalue weighted by Crippen LogP contribution is 2.21. The number of aliphatic hydroxyl groups is 1. The number of primary sulfonamides is 2. The van der Waals surface area contributed by atoms with E-state index in [0.29, 0.717) is 17.2 Å². The molecule has 430 valence electrons. The number of aromatic nitrogens is 12. The number of hydrogen-bond donors (Lipinski definition) is 5. The quantitative estimate of drug-likeness (QED) is 0.0317. The first-order chi connectivity index (χ1) is 35.7. The summed E-state index contributed by atoms with van der Waals surface area (Å²) in [6, 6.07) is 6.90. The summed E-state index contributed by atoms with van der Waals surface area (Å²) >= 11 is 0. The molecule has 0 unspecified atom stereocenters. The van der Waals surface area contributed by atoms with Gasteiger partial charge in [0.2, 0.25) is 0 Å². The highest BCUT2D eigenvalue weighted by Gasteiger charge is 2.26. The van der Waals surface area contributed by atoms with E-state index in [1.807, 2.05) is 0 Å². The lowest BCUT2D eigenvalue weighted by atomic mass is 10.1. The Labute approximate surface area is 444 Å². The monoisotopic (exact) mass is 1190 g/mol. The average Bonchev–Trinajstić information content (AvgIpc) is 4.22. The molecule has 6 aromatic heterocycles. The molecular weight excluding hydrogens is 1140 g/mol. The molecule has 38 nitrogen and oxygen atoms in total. The van der Waals surface area contributed by atoms with Crippen molar-refractivity contribution in [2.24, 2.45) is 45.5 Å². The van der Waals surface area contributed by atoms with Gasteiger partial charge in [0.1, 0.15) is 28.5 Å². The van der Waals surface area contributed by atoms with Crippen molar-refractivity contribution in [2.45, 2.75) is 34.5 Å². The van der Waals surface area contributed by atoms with E-state index in [1.165, 1.54) is 92.0 Å². The summed E-state index contributed by atoms with van der Waals surface area (Å²) in [5.74, 6) is -3.54. The van der Waals surface area contributed by atoms with Gasteiger partial charge in [0, 0.05) is 63.1 Å². The summed E-state index contributed by atoms with van der Waals surface area (Å²) in [7, 11) is 6.91. The number of carbonyl (C=O) groups excluding carboxylic acids is 5. The fraction of sp³-hybridized carbons (Fsp3) is 0.361. The van der Waals surface area contributed by atoms with Gasteiger partial charge in [0.15, 0.2) is 26.5 Å². The number of sulfonamides is 2. The van der Waals surface area contributed by atoms with E-state index in [9.17, 15) is 74.6 Å². The third kappa shape index (κ3) is 19.7. The first-order valence-electron chi connectivity index (χ1n) is 20.1. The Bertz CT molecular complexity index is 3410. The lowest BCUT2D eigenvalue weighted by molar-refractivity contribution is -0.389. The number of nitrogens with two attached hydrogens (primary N) is 3. The number of nitro groups is 2. The molecule has 0 saturated carbocycles. The van der Waals surface area contributed by atoms with E-state index in [1.54, 1.807) is 14.1 Å². The maximum absolute atomic E-state index is 11.1. The summed E-state index contributed by atoms with van der Waals surface area (Å²) in [6.45, 7) is 3.08. The third-order valence-electron chi connectivity index (χ3n) is 8.72. The fourth-order valence-electron chi connectivity index (χ4n) is 5.12. The molecule has 0 aliphatic carbocycles. The normalized spacial score (nSPS) is 10.9. The number of anilines is 1. The number of rotatable bonds is 11. The van der Waals surface area contributed by atoms with Gasteiger partial charge in [0.25, 0.3) is 29.1 Å². The Balaban J connectivity index is 0.000000469. The van der Waals surface area contributed by atoms with Gasteiger partial charge >= 0.3 is 41.5 Å². The number of halogens is 1. The van der Waals surface area contributed by atoms with E-state index in [-0.39, 0.29) is 49.5 Å². The number of hydrogen-bond acceptors (Lipinski definition) is 28. The van der Waals surface area contributed by atoms with Crippen molar-refractivity contribution in [1.82, 2.24) is 59.1 Å². The van der Waals surface area contributed by atoms with E-state index >= 15 is 0 Å². The third-order valence-corrected chi connectivity index (χ3v) is 11.5. The van der Waals surface area contributed by atoms with Crippen LogP contribution in [0.15, 0.2) is 51.5 Å².